The number of hydrogen-bond acceptors (Lipinski definition) is 3. The third kappa shape index (κ3) is 4.34. The number of para-hydroxylation sites is 2. The van der Waals surface area contributed by atoms with Crippen LogP contribution in [0.3, 0.4) is 0 Å². The standard InChI is InChI=1S/C21H24N4O2/c1-3-12-22-21(27)15-8-7-9-16(13-15)23-20(26)14-25-18-11-6-5-10-17(18)24-19(25)4-2/h5-11,13H,3-4,12,14H2,1-2H3,(H,22,27)(H,23,26). The van der Waals surface area contributed by atoms with Crippen molar-refractivity contribution in [1.29, 1.82) is 0 Å². The number of rotatable bonds is 7. The number of aromatic nitrogens is 2. The highest BCUT2D eigenvalue weighted by atomic mass is 16.2. The van der Waals surface area contributed by atoms with E-state index in [2.05, 4.69) is 15.6 Å². The average Bonchev–Trinajstić information content (AvgIpc) is 3.04. The molecule has 0 saturated carbocycles. The first kappa shape index (κ1) is 18.6. The van der Waals surface area contributed by atoms with Gasteiger partial charge in [-0.1, -0.05) is 32.0 Å². The van der Waals surface area contributed by atoms with E-state index >= 15 is 0 Å². The molecule has 6 nitrogen and oxygen atoms in total. The molecule has 0 atom stereocenters. The Morgan fingerprint density at radius 3 is 2.67 bits per heavy atom. The molecule has 1 aromatic heterocycles. The lowest BCUT2D eigenvalue weighted by atomic mass is 10.2. The van der Waals surface area contributed by atoms with Crippen LogP contribution in [-0.4, -0.2) is 27.9 Å². The van der Waals surface area contributed by atoms with Crippen LogP contribution in [0.4, 0.5) is 5.69 Å². The minimum atomic E-state index is -0.154. The van der Waals surface area contributed by atoms with Gasteiger partial charge in [-0.2, -0.15) is 0 Å². The summed E-state index contributed by atoms with van der Waals surface area (Å²) in [6.07, 6.45) is 1.62. The Morgan fingerprint density at radius 1 is 1.07 bits per heavy atom. The lowest BCUT2D eigenvalue weighted by Crippen LogP contribution is -2.24. The molecule has 0 unspecified atom stereocenters. The second kappa shape index (κ2) is 8.49. The monoisotopic (exact) mass is 364 g/mol. The highest BCUT2D eigenvalue weighted by Crippen LogP contribution is 2.17. The predicted molar refractivity (Wildman–Crippen MR) is 107 cm³/mol. The fourth-order valence-electron chi connectivity index (χ4n) is 2.99. The van der Waals surface area contributed by atoms with E-state index < -0.39 is 0 Å². The van der Waals surface area contributed by atoms with Gasteiger partial charge in [-0.25, -0.2) is 4.98 Å². The van der Waals surface area contributed by atoms with Crippen molar-refractivity contribution in [3.05, 3.63) is 59.9 Å². The molecule has 0 fully saturated rings. The summed E-state index contributed by atoms with van der Waals surface area (Å²) in [7, 11) is 0. The Kier molecular flexibility index (Phi) is 5.86. The van der Waals surface area contributed by atoms with Crippen molar-refractivity contribution in [2.45, 2.75) is 33.2 Å². The summed E-state index contributed by atoms with van der Waals surface area (Å²) in [5, 5.41) is 5.72. The first-order valence-electron chi connectivity index (χ1n) is 9.24. The smallest absolute Gasteiger partial charge is 0.251 e. The third-order valence-electron chi connectivity index (χ3n) is 4.30. The number of carbonyl (C=O) groups excluding carboxylic acids is 2. The van der Waals surface area contributed by atoms with Gasteiger partial charge in [-0.05, 0) is 36.8 Å². The zero-order valence-corrected chi connectivity index (χ0v) is 15.7. The highest BCUT2D eigenvalue weighted by molar-refractivity contribution is 5.97. The molecule has 27 heavy (non-hydrogen) atoms. The van der Waals surface area contributed by atoms with Gasteiger partial charge in [0.1, 0.15) is 12.4 Å². The number of imidazole rings is 1. The molecule has 2 aromatic carbocycles. The Balaban J connectivity index is 1.74. The summed E-state index contributed by atoms with van der Waals surface area (Å²) in [6.45, 7) is 4.83. The van der Waals surface area contributed by atoms with E-state index in [0.29, 0.717) is 17.8 Å². The van der Waals surface area contributed by atoms with Crippen molar-refractivity contribution in [2.24, 2.45) is 0 Å². The number of aryl methyl sites for hydroxylation is 1. The van der Waals surface area contributed by atoms with Crippen LogP contribution in [0.1, 0.15) is 36.5 Å². The summed E-state index contributed by atoms with van der Waals surface area (Å²) < 4.78 is 1.93. The fraction of sp³-hybridized carbons (Fsp3) is 0.286. The van der Waals surface area contributed by atoms with Crippen LogP contribution in [0.15, 0.2) is 48.5 Å². The quantitative estimate of drug-likeness (QED) is 0.675. The number of fused-ring (bicyclic) bond motifs is 1. The average molecular weight is 364 g/mol. The van der Waals surface area contributed by atoms with Crippen molar-refractivity contribution in [1.82, 2.24) is 14.9 Å². The highest BCUT2D eigenvalue weighted by Gasteiger charge is 2.13. The SMILES string of the molecule is CCCNC(=O)c1cccc(NC(=O)Cn2c(CC)nc3ccccc32)c1. The number of amides is 2. The molecular formula is C21H24N4O2. The van der Waals surface area contributed by atoms with Crippen LogP contribution >= 0.6 is 0 Å². The van der Waals surface area contributed by atoms with E-state index in [0.717, 1.165) is 29.7 Å². The number of benzene rings is 2. The molecule has 3 aromatic rings. The molecule has 0 aliphatic carbocycles. The van der Waals surface area contributed by atoms with Gasteiger partial charge in [-0.3, -0.25) is 9.59 Å². The van der Waals surface area contributed by atoms with Crippen LogP contribution in [0.2, 0.25) is 0 Å². The van der Waals surface area contributed by atoms with Gasteiger partial charge in [-0.15, -0.1) is 0 Å². The normalized spacial score (nSPS) is 10.7. The summed E-state index contributed by atoms with van der Waals surface area (Å²) in [6, 6.07) is 14.8. The molecule has 0 radical (unpaired) electrons. The largest absolute Gasteiger partial charge is 0.352 e. The van der Waals surface area contributed by atoms with E-state index in [9.17, 15) is 9.59 Å². The van der Waals surface area contributed by atoms with Gasteiger partial charge in [0.15, 0.2) is 0 Å². The molecule has 0 spiro atoms. The first-order valence-corrected chi connectivity index (χ1v) is 9.24. The molecule has 1 heterocycles. The molecule has 2 N–H and O–H groups in total. The molecule has 0 saturated heterocycles. The zero-order chi connectivity index (χ0) is 19.2. The summed E-state index contributed by atoms with van der Waals surface area (Å²) in [4.78, 5) is 29.3. The van der Waals surface area contributed by atoms with Crippen molar-refractivity contribution < 1.29 is 9.59 Å². The number of nitrogens with zero attached hydrogens (tertiary/aromatic N) is 2. The summed E-state index contributed by atoms with van der Waals surface area (Å²) in [5.74, 6) is 0.583. The number of anilines is 1. The summed E-state index contributed by atoms with van der Waals surface area (Å²) >= 11 is 0. The van der Waals surface area contributed by atoms with E-state index in [4.69, 9.17) is 0 Å². The van der Waals surface area contributed by atoms with E-state index in [-0.39, 0.29) is 18.4 Å². The maximum atomic E-state index is 12.6. The van der Waals surface area contributed by atoms with Crippen LogP contribution in [-0.2, 0) is 17.8 Å². The minimum absolute atomic E-state index is 0.137. The molecule has 0 bridgehead atoms. The minimum Gasteiger partial charge on any atom is -0.352 e. The maximum Gasteiger partial charge on any atom is 0.251 e. The van der Waals surface area contributed by atoms with Gasteiger partial charge in [0.05, 0.1) is 11.0 Å². The van der Waals surface area contributed by atoms with Gasteiger partial charge < -0.3 is 15.2 Å². The van der Waals surface area contributed by atoms with Crippen LogP contribution < -0.4 is 10.6 Å². The number of nitrogens with one attached hydrogen (secondary N) is 2. The molecular weight excluding hydrogens is 340 g/mol. The Labute approximate surface area is 158 Å². The van der Waals surface area contributed by atoms with Gasteiger partial charge in [0.2, 0.25) is 5.91 Å². The molecule has 0 aliphatic heterocycles. The van der Waals surface area contributed by atoms with E-state index in [1.165, 1.54) is 0 Å². The van der Waals surface area contributed by atoms with Gasteiger partial charge in [0.25, 0.3) is 5.91 Å². The number of carbonyl (C=O) groups is 2. The Morgan fingerprint density at radius 2 is 1.89 bits per heavy atom. The van der Waals surface area contributed by atoms with Gasteiger partial charge in [0, 0.05) is 24.2 Å². The van der Waals surface area contributed by atoms with Crippen molar-refractivity contribution in [3.8, 4) is 0 Å². The van der Waals surface area contributed by atoms with E-state index in [1.54, 1.807) is 24.3 Å². The van der Waals surface area contributed by atoms with E-state index in [1.807, 2.05) is 42.7 Å². The summed E-state index contributed by atoms with van der Waals surface area (Å²) in [5.41, 5.74) is 2.96. The number of hydrogen-bond donors (Lipinski definition) is 2. The van der Waals surface area contributed by atoms with Crippen molar-refractivity contribution in [3.63, 3.8) is 0 Å². The Hall–Kier alpha value is -3.15. The van der Waals surface area contributed by atoms with Crippen LogP contribution in [0.5, 0.6) is 0 Å². The molecule has 6 heteroatoms. The molecule has 2 amide bonds. The molecule has 140 valence electrons. The van der Waals surface area contributed by atoms with Gasteiger partial charge >= 0.3 is 0 Å². The molecule has 3 rings (SSSR count). The lowest BCUT2D eigenvalue weighted by molar-refractivity contribution is -0.116. The lowest BCUT2D eigenvalue weighted by Gasteiger charge is -2.10. The maximum absolute atomic E-state index is 12.6. The van der Waals surface area contributed by atoms with Crippen molar-refractivity contribution >= 4 is 28.5 Å². The zero-order valence-electron chi connectivity index (χ0n) is 15.7. The molecule has 0 aliphatic rings. The van der Waals surface area contributed by atoms with Crippen LogP contribution in [0.25, 0.3) is 11.0 Å². The van der Waals surface area contributed by atoms with Crippen LogP contribution in [0, 0.1) is 0 Å². The second-order valence-corrected chi connectivity index (χ2v) is 6.34. The third-order valence-corrected chi connectivity index (χ3v) is 4.30. The topological polar surface area (TPSA) is 76.0 Å². The Bertz CT molecular complexity index is 962. The fourth-order valence-corrected chi connectivity index (χ4v) is 2.99. The second-order valence-electron chi connectivity index (χ2n) is 6.34. The first-order chi connectivity index (χ1) is 13.1. The van der Waals surface area contributed by atoms with Crippen molar-refractivity contribution in [2.75, 3.05) is 11.9 Å². The predicted octanol–water partition coefficient (Wildman–Crippen LogP) is 3.38.